The quantitative estimate of drug-likeness (QED) is 0.0583. The van der Waals surface area contributed by atoms with Gasteiger partial charge in [-0.1, -0.05) is 44.2 Å². The predicted octanol–water partition coefficient (Wildman–Crippen LogP) is 5.19. The first kappa shape index (κ1) is 33.8. The molecular formula is C23H37F4N3O3S. The van der Waals surface area contributed by atoms with Crippen molar-refractivity contribution in [3.8, 4) is 0 Å². The molecule has 0 saturated heterocycles. The number of hydroxylamine groups is 1. The second kappa shape index (κ2) is 20.1. The standard InChI is InChI=1S/C12H17F4N3O2S.C9H12O.C2H6.H2/c13-9-1-7(2-10(14)12(9)17)19(21)4-8(20)3-18-6-22-5-11(15)16;1-4-5-8(2)6-7-9(3)10;1-2;/h1-2,8,11,18,20-21H,3-6,17H2;4-7H,1H2,2-3H3;1-2H3;1H/b;7-6-,8-5-;;/t8-;;;/m0.../s1. The maximum Gasteiger partial charge on any atom is 0.247 e. The number of allylic oxidation sites excluding steroid dienone is 5. The molecule has 0 bridgehead atoms. The Bertz CT molecular complexity index is 776. The summed E-state index contributed by atoms with van der Waals surface area (Å²) in [4.78, 5) is 10.4. The third kappa shape index (κ3) is 17.2. The number of anilines is 2. The summed E-state index contributed by atoms with van der Waals surface area (Å²) in [6.45, 7) is 10.7. The molecule has 5 N–H and O–H groups in total. The van der Waals surface area contributed by atoms with E-state index in [1.807, 2.05) is 26.8 Å². The highest BCUT2D eigenvalue weighted by Gasteiger charge is 2.15. The summed E-state index contributed by atoms with van der Waals surface area (Å²) in [5.41, 5.74) is 5.28. The molecule has 0 aromatic heterocycles. The Labute approximate surface area is 204 Å². The van der Waals surface area contributed by atoms with Gasteiger partial charge >= 0.3 is 0 Å². The van der Waals surface area contributed by atoms with Crippen molar-refractivity contribution in [3.05, 3.63) is 60.2 Å². The topological polar surface area (TPSA) is 98.8 Å². The molecule has 1 aromatic carbocycles. The first-order valence-corrected chi connectivity index (χ1v) is 11.6. The van der Waals surface area contributed by atoms with E-state index in [0.29, 0.717) is 5.06 Å². The van der Waals surface area contributed by atoms with E-state index >= 15 is 0 Å². The lowest BCUT2D eigenvalue weighted by atomic mass is 10.2. The lowest BCUT2D eigenvalue weighted by Gasteiger charge is -2.21. The minimum absolute atomic E-state index is 0. The summed E-state index contributed by atoms with van der Waals surface area (Å²) in [6.07, 6.45) is 3.37. The maximum absolute atomic E-state index is 13.2. The Morgan fingerprint density at radius 2 is 1.82 bits per heavy atom. The molecule has 6 nitrogen and oxygen atoms in total. The first-order chi connectivity index (χ1) is 16.0. The molecule has 1 aromatic rings. The number of carbonyl (C=O) groups is 1. The summed E-state index contributed by atoms with van der Waals surface area (Å²) in [6, 6.07) is 1.66. The Balaban J connectivity index is -0.000000666. The molecule has 1 rings (SSSR count). The smallest absolute Gasteiger partial charge is 0.247 e. The fraction of sp³-hybridized carbons (Fsp3) is 0.435. The van der Waals surface area contributed by atoms with Crippen LogP contribution in [-0.2, 0) is 4.79 Å². The van der Waals surface area contributed by atoms with Crippen LogP contribution in [0.15, 0.2) is 48.6 Å². The number of rotatable bonds is 12. The molecule has 0 saturated carbocycles. The number of halogens is 4. The molecule has 0 aliphatic rings. The Morgan fingerprint density at radius 3 is 2.29 bits per heavy atom. The lowest BCUT2D eigenvalue weighted by Crippen LogP contribution is -2.37. The van der Waals surface area contributed by atoms with Gasteiger partial charge in [0, 0.05) is 26.0 Å². The van der Waals surface area contributed by atoms with Gasteiger partial charge in [0.05, 0.1) is 24.1 Å². The summed E-state index contributed by atoms with van der Waals surface area (Å²) >= 11 is 0.963. The number of thioether (sulfide) groups is 1. The number of aliphatic hydroxyl groups excluding tert-OH is 1. The molecule has 0 aliphatic heterocycles. The molecule has 0 amide bonds. The van der Waals surface area contributed by atoms with Gasteiger partial charge in [0.1, 0.15) is 5.69 Å². The van der Waals surface area contributed by atoms with Crippen molar-refractivity contribution < 1.29 is 34.1 Å². The second-order valence-electron chi connectivity index (χ2n) is 6.51. The van der Waals surface area contributed by atoms with E-state index in [2.05, 4.69) is 11.9 Å². The molecule has 0 heterocycles. The number of carbonyl (C=O) groups excluding carboxylic acids is 1. The Hall–Kier alpha value is -2.34. The van der Waals surface area contributed by atoms with Crippen LogP contribution in [0.4, 0.5) is 28.9 Å². The summed E-state index contributed by atoms with van der Waals surface area (Å²) in [5.74, 6) is -2.09. The van der Waals surface area contributed by atoms with Gasteiger partial charge in [-0.15, -0.1) is 11.8 Å². The maximum atomic E-state index is 13.2. The highest BCUT2D eigenvalue weighted by molar-refractivity contribution is 7.99. The van der Waals surface area contributed by atoms with Crippen LogP contribution in [0.2, 0.25) is 0 Å². The Morgan fingerprint density at radius 1 is 1.26 bits per heavy atom. The van der Waals surface area contributed by atoms with Crippen molar-refractivity contribution >= 4 is 28.9 Å². The number of hydrogen-bond donors (Lipinski definition) is 4. The van der Waals surface area contributed by atoms with Crippen LogP contribution >= 0.6 is 11.8 Å². The first-order valence-electron chi connectivity index (χ1n) is 10.4. The SMILES string of the molecule is C=C/C=C(C)\C=C/C(C)=O.CC.Nc1c(F)cc(N(O)C[C@@H](O)CNCSCC(F)F)cc1F.[HH]. The largest absolute Gasteiger partial charge is 0.394 e. The Kier molecular flexibility index (Phi) is 20.0. The average Bonchev–Trinajstić information content (AvgIpc) is 2.77. The number of nitrogens with zero attached hydrogens (tertiary/aromatic N) is 1. The third-order valence-electron chi connectivity index (χ3n) is 3.54. The van der Waals surface area contributed by atoms with E-state index < -0.39 is 29.9 Å². The van der Waals surface area contributed by atoms with Crippen molar-refractivity contribution in [3.63, 3.8) is 0 Å². The number of aliphatic hydroxyl groups is 1. The number of nitrogens with two attached hydrogens (primary N) is 1. The highest BCUT2D eigenvalue weighted by atomic mass is 32.2. The molecule has 11 heteroatoms. The fourth-order valence-electron chi connectivity index (χ4n) is 2.03. The normalized spacial score (nSPS) is 11.9. The van der Waals surface area contributed by atoms with Crippen LogP contribution in [0.5, 0.6) is 0 Å². The molecule has 0 spiro atoms. The van der Waals surface area contributed by atoms with Crippen LogP contribution in [0.1, 0.15) is 29.1 Å². The van der Waals surface area contributed by atoms with Gasteiger partial charge in [-0.25, -0.2) is 17.6 Å². The van der Waals surface area contributed by atoms with Gasteiger partial charge in [0.25, 0.3) is 0 Å². The van der Waals surface area contributed by atoms with Crippen molar-refractivity contribution in [1.82, 2.24) is 5.32 Å². The summed E-state index contributed by atoms with van der Waals surface area (Å²) < 4.78 is 50.2. The number of nitrogen functional groups attached to an aromatic ring is 1. The van der Waals surface area contributed by atoms with Gasteiger partial charge in [-0.05, 0) is 19.9 Å². The molecule has 0 unspecified atom stereocenters. The van der Waals surface area contributed by atoms with Gasteiger partial charge < -0.3 is 16.2 Å². The summed E-state index contributed by atoms with van der Waals surface area (Å²) in [5, 5.41) is 22.5. The molecule has 1 atom stereocenters. The van der Waals surface area contributed by atoms with Gasteiger partial charge in [-0.3, -0.25) is 15.1 Å². The highest BCUT2D eigenvalue weighted by Crippen LogP contribution is 2.22. The number of ketones is 1. The zero-order valence-electron chi connectivity index (χ0n) is 19.9. The molecule has 0 radical (unpaired) electrons. The number of benzene rings is 1. The molecular weight excluding hydrogens is 474 g/mol. The fourth-order valence-corrected chi connectivity index (χ4v) is 2.58. The van der Waals surface area contributed by atoms with Gasteiger partial charge in [0.2, 0.25) is 6.43 Å². The molecule has 34 heavy (non-hydrogen) atoms. The van der Waals surface area contributed by atoms with Crippen LogP contribution in [0, 0.1) is 11.6 Å². The minimum Gasteiger partial charge on any atom is -0.394 e. The third-order valence-corrected chi connectivity index (χ3v) is 4.43. The van der Waals surface area contributed by atoms with Gasteiger partial charge in [0.15, 0.2) is 17.4 Å². The molecule has 196 valence electrons. The molecule has 0 fully saturated rings. The van der Waals surface area contributed by atoms with Crippen LogP contribution < -0.4 is 16.1 Å². The van der Waals surface area contributed by atoms with Crippen molar-refractivity contribution in [1.29, 1.82) is 0 Å². The van der Waals surface area contributed by atoms with Crippen LogP contribution in [-0.4, -0.2) is 53.3 Å². The van der Waals surface area contributed by atoms with E-state index in [0.717, 1.165) is 29.5 Å². The summed E-state index contributed by atoms with van der Waals surface area (Å²) in [7, 11) is 0. The number of hydrogen-bond acceptors (Lipinski definition) is 7. The van der Waals surface area contributed by atoms with E-state index in [-0.39, 0.29) is 37.6 Å². The average molecular weight is 512 g/mol. The van der Waals surface area contributed by atoms with E-state index in [1.165, 1.54) is 13.0 Å². The van der Waals surface area contributed by atoms with Crippen molar-refractivity contribution in [2.45, 2.75) is 40.2 Å². The monoisotopic (exact) mass is 511 g/mol. The number of nitrogens with one attached hydrogen (secondary N) is 1. The zero-order valence-corrected chi connectivity index (χ0v) is 20.7. The minimum atomic E-state index is -2.40. The lowest BCUT2D eigenvalue weighted by molar-refractivity contribution is -0.112. The van der Waals surface area contributed by atoms with E-state index in [4.69, 9.17) is 5.73 Å². The second-order valence-corrected chi connectivity index (χ2v) is 7.54. The van der Waals surface area contributed by atoms with Crippen LogP contribution in [0.3, 0.4) is 0 Å². The van der Waals surface area contributed by atoms with Crippen LogP contribution in [0.25, 0.3) is 0 Å². The molecule has 0 aliphatic carbocycles. The van der Waals surface area contributed by atoms with Crippen molar-refractivity contribution in [2.24, 2.45) is 0 Å². The zero-order chi connectivity index (χ0) is 26.7. The van der Waals surface area contributed by atoms with Crippen molar-refractivity contribution in [2.75, 3.05) is 35.5 Å². The predicted molar refractivity (Wildman–Crippen MR) is 134 cm³/mol. The van der Waals surface area contributed by atoms with E-state index in [1.54, 1.807) is 12.2 Å². The van der Waals surface area contributed by atoms with E-state index in [9.17, 15) is 32.7 Å². The van der Waals surface area contributed by atoms with Gasteiger partial charge in [-0.2, -0.15) is 0 Å². The number of alkyl halides is 2.